The Labute approximate surface area is 146 Å². The van der Waals surface area contributed by atoms with Gasteiger partial charge in [0.2, 0.25) is 11.8 Å². The van der Waals surface area contributed by atoms with E-state index < -0.39 is 0 Å². The minimum Gasteiger partial charge on any atom is -0.348 e. The Morgan fingerprint density at radius 1 is 1.22 bits per heavy atom. The second-order valence-electron chi connectivity index (χ2n) is 5.74. The van der Waals surface area contributed by atoms with Crippen molar-refractivity contribution in [1.29, 1.82) is 0 Å². The zero-order valence-electron chi connectivity index (χ0n) is 13.3. The Morgan fingerprint density at radius 3 is 2.43 bits per heavy atom. The number of carbonyl (C=O) groups excluding carboxylic acids is 2. The van der Waals surface area contributed by atoms with E-state index in [0.29, 0.717) is 42.8 Å². The van der Waals surface area contributed by atoms with Crippen LogP contribution in [0.1, 0.15) is 25.5 Å². The molecule has 0 bridgehead atoms. The molecule has 0 saturated carbocycles. The summed E-state index contributed by atoms with van der Waals surface area (Å²) in [5, 5.41) is 4.06. The van der Waals surface area contributed by atoms with Crippen LogP contribution in [0.4, 0.5) is 0 Å². The number of nitrogens with zero attached hydrogens (tertiary/aromatic N) is 2. The number of piperazine rings is 1. The number of carbonyl (C=O) groups is 2. The lowest BCUT2D eigenvalue weighted by Gasteiger charge is -2.33. The molecule has 23 heavy (non-hydrogen) atoms. The number of amides is 2. The van der Waals surface area contributed by atoms with E-state index in [4.69, 9.17) is 23.2 Å². The fourth-order valence-electron chi connectivity index (χ4n) is 2.64. The number of nitrogens with one attached hydrogen (secondary N) is 1. The predicted octanol–water partition coefficient (Wildman–Crippen LogP) is 2.33. The van der Waals surface area contributed by atoms with Crippen LogP contribution in [0.25, 0.3) is 0 Å². The molecule has 1 atom stereocenters. The van der Waals surface area contributed by atoms with Crippen LogP contribution in [0, 0.1) is 0 Å². The molecular weight excluding hydrogens is 337 g/mol. The van der Waals surface area contributed by atoms with Crippen LogP contribution in [0.5, 0.6) is 0 Å². The van der Waals surface area contributed by atoms with E-state index in [1.54, 1.807) is 24.0 Å². The molecule has 0 aromatic heterocycles. The van der Waals surface area contributed by atoms with Crippen molar-refractivity contribution < 1.29 is 9.59 Å². The summed E-state index contributed by atoms with van der Waals surface area (Å²) in [6.45, 7) is 6.54. The average molecular weight is 358 g/mol. The van der Waals surface area contributed by atoms with Crippen LogP contribution in [-0.2, 0) is 9.59 Å². The average Bonchev–Trinajstić information content (AvgIpc) is 2.47. The molecule has 126 valence electrons. The fourth-order valence-corrected chi connectivity index (χ4v) is 3.21. The SMILES string of the molecule is CC(=O)N1CCN(CC(=O)NC(C)c2ccc(Cl)cc2Cl)CC1. The van der Waals surface area contributed by atoms with Gasteiger partial charge >= 0.3 is 0 Å². The quantitative estimate of drug-likeness (QED) is 0.899. The molecular formula is C16H21Cl2N3O2. The Morgan fingerprint density at radius 2 is 1.87 bits per heavy atom. The van der Waals surface area contributed by atoms with E-state index in [2.05, 4.69) is 5.32 Å². The van der Waals surface area contributed by atoms with Gasteiger partial charge in [0, 0.05) is 43.1 Å². The van der Waals surface area contributed by atoms with Crippen molar-refractivity contribution in [2.75, 3.05) is 32.7 Å². The van der Waals surface area contributed by atoms with E-state index in [1.807, 2.05) is 17.9 Å². The first-order valence-electron chi connectivity index (χ1n) is 7.59. The van der Waals surface area contributed by atoms with Crippen LogP contribution in [0.3, 0.4) is 0 Å². The smallest absolute Gasteiger partial charge is 0.234 e. The van der Waals surface area contributed by atoms with E-state index in [0.717, 1.165) is 5.56 Å². The molecule has 1 saturated heterocycles. The summed E-state index contributed by atoms with van der Waals surface area (Å²) in [5.41, 5.74) is 0.839. The highest BCUT2D eigenvalue weighted by atomic mass is 35.5. The zero-order valence-corrected chi connectivity index (χ0v) is 14.8. The first-order chi connectivity index (χ1) is 10.9. The molecule has 2 amide bonds. The molecule has 1 aliphatic rings. The highest BCUT2D eigenvalue weighted by Gasteiger charge is 2.21. The van der Waals surface area contributed by atoms with Crippen LogP contribution >= 0.6 is 23.2 Å². The highest BCUT2D eigenvalue weighted by molar-refractivity contribution is 6.35. The molecule has 1 aromatic carbocycles. The highest BCUT2D eigenvalue weighted by Crippen LogP contribution is 2.26. The first-order valence-corrected chi connectivity index (χ1v) is 8.34. The fraction of sp³-hybridized carbons (Fsp3) is 0.500. The van der Waals surface area contributed by atoms with Gasteiger partial charge in [0.1, 0.15) is 0 Å². The second kappa shape index (κ2) is 7.99. The van der Waals surface area contributed by atoms with Crippen molar-refractivity contribution in [3.05, 3.63) is 33.8 Å². The molecule has 0 aliphatic carbocycles. The first kappa shape index (κ1) is 18.0. The van der Waals surface area contributed by atoms with Crippen molar-refractivity contribution in [1.82, 2.24) is 15.1 Å². The number of benzene rings is 1. The minimum absolute atomic E-state index is 0.0557. The lowest BCUT2D eigenvalue weighted by Crippen LogP contribution is -2.50. The van der Waals surface area contributed by atoms with Crippen LogP contribution in [0.15, 0.2) is 18.2 Å². The van der Waals surface area contributed by atoms with E-state index in [-0.39, 0.29) is 17.9 Å². The van der Waals surface area contributed by atoms with Gasteiger partial charge in [0.05, 0.1) is 12.6 Å². The van der Waals surface area contributed by atoms with Gasteiger partial charge in [-0.25, -0.2) is 0 Å². The molecule has 7 heteroatoms. The van der Waals surface area contributed by atoms with Gasteiger partial charge < -0.3 is 10.2 Å². The van der Waals surface area contributed by atoms with Gasteiger partial charge in [-0.15, -0.1) is 0 Å². The van der Waals surface area contributed by atoms with Crippen molar-refractivity contribution in [2.45, 2.75) is 19.9 Å². The Balaban J connectivity index is 1.84. The van der Waals surface area contributed by atoms with Crippen molar-refractivity contribution >= 4 is 35.0 Å². The maximum absolute atomic E-state index is 12.2. The molecule has 1 fully saturated rings. The maximum Gasteiger partial charge on any atom is 0.234 e. The second-order valence-corrected chi connectivity index (χ2v) is 6.58. The minimum atomic E-state index is -0.189. The predicted molar refractivity (Wildman–Crippen MR) is 91.7 cm³/mol. The third-order valence-corrected chi connectivity index (χ3v) is 4.55. The monoisotopic (exact) mass is 357 g/mol. The van der Waals surface area contributed by atoms with Gasteiger partial charge in [-0.1, -0.05) is 29.3 Å². The summed E-state index contributed by atoms with van der Waals surface area (Å²) >= 11 is 12.0. The molecule has 0 radical (unpaired) electrons. The molecule has 1 aliphatic heterocycles. The summed E-state index contributed by atoms with van der Waals surface area (Å²) < 4.78 is 0. The molecule has 5 nitrogen and oxygen atoms in total. The summed E-state index contributed by atoms with van der Waals surface area (Å²) in [7, 11) is 0. The Bertz CT molecular complexity index is 587. The number of rotatable bonds is 4. The lowest BCUT2D eigenvalue weighted by atomic mass is 10.1. The van der Waals surface area contributed by atoms with Gasteiger partial charge in [-0.3, -0.25) is 14.5 Å². The summed E-state index contributed by atoms with van der Waals surface area (Å²) in [6.07, 6.45) is 0. The van der Waals surface area contributed by atoms with Crippen LogP contribution < -0.4 is 5.32 Å². The van der Waals surface area contributed by atoms with Gasteiger partial charge in [0.15, 0.2) is 0 Å². The standard InChI is InChI=1S/C16H21Cl2N3O2/c1-11(14-4-3-13(17)9-15(14)18)19-16(23)10-20-5-7-21(8-6-20)12(2)22/h3-4,9,11H,5-8,10H2,1-2H3,(H,19,23). The third kappa shape index (κ3) is 5.09. The summed E-state index contributed by atoms with van der Waals surface area (Å²) in [6, 6.07) is 5.06. The Kier molecular flexibility index (Phi) is 6.27. The summed E-state index contributed by atoms with van der Waals surface area (Å²) in [4.78, 5) is 27.3. The van der Waals surface area contributed by atoms with Gasteiger partial charge in [0.25, 0.3) is 0 Å². The Hall–Kier alpha value is -1.30. The van der Waals surface area contributed by atoms with Crippen LogP contribution in [-0.4, -0.2) is 54.3 Å². The van der Waals surface area contributed by atoms with Gasteiger partial charge in [-0.2, -0.15) is 0 Å². The number of hydrogen-bond acceptors (Lipinski definition) is 3. The zero-order chi connectivity index (χ0) is 17.0. The molecule has 1 aromatic rings. The van der Waals surface area contributed by atoms with E-state index in [1.165, 1.54) is 0 Å². The molecule has 1 N–H and O–H groups in total. The number of halogens is 2. The largest absolute Gasteiger partial charge is 0.348 e. The van der Waals surface area contributed by atoms with E-state index in [9.17, 15) is 9.59 Å². The topological polar surface area (TPSA) is 52.7 Å². The van der Waals surface area contributed by atoms with Crippen molar-refractivity contribution in [3.8, 4) is 0 Å². The summed E-state index contributed by atoms with van der Waals surface area (Å²) in [5.74, 6) is 0.0277. The lowest BCUT2D eigenvalue weighted by molar-refractivity contribution is -0.131. The molecule has 0 spiro atoms. The normalized spacial score (nSPS) is 17.0. The maximum atomic E-state index is 12.2. The molecule has 1 unspecified atom stereocenters. The molecule has 1 heterocycles. The molecule has 2 rings (SSSR count). The number of hydrogen-bond donors (Lipinski definition) is 1. The van der Waals surface area contributed by atoms with E-state index >= 15 is 0 Å². The van der Waals surface area contributed by atoms with Crippen molar-refractivity contribution in [2.24, 2.45) is 0 Å². The van der Waals surface area contributed by atoms with Gasteiger partial charge in [-0.05, 0) is 24.6 Å². The van der Waals surface area contributed by atoms with Crippen LogP contribution in [0.2, 0.25) is 10.0 Å². The third-order valence-electron chi connectivity index (χ3n) is 3.99. The van der Waals surface area contributed by atoms with Crippen molar-refractivity contribution in [3.63, 3.8) is 0 Å².